The molecule has 0 saturated carbocycles. The quantitative estimate of drug-likeness (QED) is 0.620. The van der Waals surface area contributed by atoms with Crippen molar-refractivity contribution in [1.82, 2.24) is 0 Å². The number of nitrogens with zero attached hydrogens (tertiary/aromatic N) is 1. The van der Waals surface area contributed by atoms with Gasteiger partial charge in [-0.25, -0.2) is 4.90 Å². The number of carbonyl (C=O) groups excluding carboxylic acids is 2. The van der Waals surface area contributed by atoms with Crippen molar-refractivity contribution in [3.63, 3.8) is 0 Å². The van der Waals surface area contributed by atoms with Crippen molar-refractivity contribution in [3.8, 4) is 11.5 Å². The maximum Gasteiger partial charge on any atom is 0.261 e. The standard InChI is InChI=1S/C18H12ClNO4/c19-13-3-1-11(2-4-13)7-12-8-17(21)20(18(12)22)14-5-6-15-16(9-14)24-10-23-15/h1-7,9H,8,10H2/b12-7+. The topological polar surface area (TPSA) is 55.8 Å². The van der Waals surface area contributed by atoms with Crippen LogP contribution in [0.15, 0.2) is 48.0 Å². The van der Waals surface area contributed by atoms with Crippen molar-refractivity contribution in [1.29, 1.82) is 0 Å². The molecular formula is C18H12ClNO4. The number of rotatable bonds is 2. The van der Waals surface area contributed by atoms with Crippen LogP contribution in [-0.4, -0.2) is 18.6 Å². The number of halogens is 1. The van der Waals surface area contributed by atoms with Crippen LogP contribution in [0.2, 0.25) is 5.02 Å². The Balaban J connectivity index is 1.65. The van der Waals surface area contributed by atoms with E-state index in [2.05, 4.69) is 0 Å². The second-order valence-corrected chi connectivity index (χ2v) is 5.91. The van der Waals surface area contributed by atoms with E-state index in [-0.39, 0.29) is 25.0 Å². The zero-order valence-corrected chi connectivity index (χ0v) is 13.2. The lowest BCUT2D eigenvalue weighted by Crippen LogP contribution is -2.28. The van der Waals surface area contributed by atoms with Gasteiger partial charge in [0, 0.05) is 16.7 Å². The van der Waals surface area contributed by atoms with Gasteiger partial charge >= 0.3 is 0 Å². The van der Waals surface area contributed by atoms with Gasteiger partial charge in [0.2, 0.25) is 12.7 Å². The number of imide groups is 1. The summed E-state index contributed by atoms with van der Waals surface area (Å²) in [5.74, 6) is 0.547. The van der Waals surface area contributed by atoms with Crippen molar-refractivity contribution >= 4 is 35.2 Å². The lowest BCUT2D eigenvalue weighted by atomic mass is 10.1. The Bertz CT molecular complexity index is 873. The summed E-state index contributed by atoms with van der Waals surface area (Å²) in [6, 6.07) is 12.1. The Morgan fingerprint density at radius 2 is 1.75 bits per heavy atom. The third-order valence-corrected chi connectivity index (χ3v) is 4.15. The molecule has 2 aromatic carbocycles. The number of anilines is 1. The average molecular weight is 342 g/mol. The molecule has 6 heteroatoms. The fraction of sp³-hybridized carbons (Fsp3) is 0.111. The van der Waals surface area contributed by atoms with Crippen LogP contribution in [0.5, 0.6) is 11.5 Å². The van der Waals surface area contributed by atoms with Crippen LogP contribution in [0.4, 0.5) is 5.69 Å². The summed E-state index contributed by atoms with van der Waals surface area (Å²) >= 11 is 5.86. The third-order valence-electron chi connectivity index (χ3n) is 3.89. The lowest BCUT2D eigenvalue weighted by Gasteiger charge is -2.13. The van der Waals surface area contributed by atoms with Gasteiger partial charge in [0.1, 0.15) is 0 Å². The van der Waals surface area contributed by atoms with E-state index in [1.807, 2.05) is 0 Å². The fourth-order valence-corrected chi connectivity index (χ4v) is 2.86. The van der Waals surface area contributed by atoms with E-state index in [1.54, 1.807) is 48.5 Å². The number of fused-ring (bicyclic) bond motifs is 1. The van der Waals surface area contributed by atoms with Gasteiger partial charge in [-0.3, -0.25) is 9.59 Å². The molecule has 120 valence electrons. The number of ether oxygens (including phenoxy) is 2. The van der Waals surface area contributed by atoms with Crippen LogP contribution in [-0.2, 0) is 9.59 Å². The molecule has 0 spiro atoms. The average Bonchev–Trinajstić information content (AvgIpc) is 3.14. The van der Waals surface area contributed by atoms with E-state index in [1.165, 1.54) is 4.90 Å². The van der Waals surface area contributed by atoms with Crippen molar-refractivity contribution in [2.75, 3.05) is 11.7 Å². The van der Waals surface area contributed by atoms with Gasteiger partial charge in [0.25, 0.3) is 5.91 Å². The first-order valence-electron chi connectivity index (χ1n) is 7.35. The Morgan fingerprint density at radius 3 is 2.54 bits per heavy atom. The second kappa shape index (κ2) is 5.69. The number of hydrogen-bond acceptors (Lipinski definition) is 4. The molecule has 1 saturated heterocycles. The SMILES string of the molecule is O=C1C/C(=C\c2ccc(Cl)cc2)C(=O)N1c1ccc2c(c1)OCO2. The molecule has 0 bridgehead atoms. The first-order chi connectivity index (χ1) is 11.6. The highest BCUT2D eigenvalue weighted by Crippen LogP contribution is 2.37. The lowest BCUT2D eigenvalue weighted by molar-refractivity contribution is -0.120. The Morgan fingerprint density at radius 1 is 1.00 bits per heavy atom. The van der Waals surface area contributed by atoms with Crippen LogP contribution in [0, 0.1) is 0 Å². The summed E-state index contributed by atoms with van der Waals surface area (Å²) in [5, 5.41) is 0.618. The summed E-state index contributed by atoms with van der Waals surface area (Å²) in [6.07, 6.45) is 1.78. The highest BCUT2D eigenvalue weighted by molar-refractivity contribution is 6.31. The summed E-state index contributed by atoms with van der Waals surface area (Å²) in [7, 11) is 0. The Kier molecular flexibility index (Phi) is 3.50. The van der Waals surface area contributed by atoms with Gasteiger partial charge in [-0.05, 0) is 35.9 Å². The molecule has 0 radical (unpaired) electrons. The molecule has 5 nitrogen and oxygen atoms in total. The van der Waals surface area contributed by atoms with E-state index in [9.17, 15) is 9.59 Å². The van der Waals surface area contributed by atoms with Gasteiger partial charge in [-0.2, -0.15) is 0 Å². The maximum absolute atomic E-state index is 12.6. The molecule has 2 aliphatic rings. The van der Waals surface area contributed by atoms with E-state index in [0.717, 1.165) is 5.56 Å². The molecule has 4 rings (SSSR count). The van der Waals surface area contributed by atoms with E-state index < -0.39 is 0 Å². The fourth-order valence-electron chi connectivity index (χ4n) is 2.73. The minimum Gasteiger partial charge on any atom is -0.454 e. The summed E-state index contributed by atoms with van der Waals surface area (Å²) in [5.41, 5.74) is 1.75. The van der Waals surface area contributed by atoms with Gasteiger partial charge in [-0.15, -0.1) is 0 Å². The maximum atomic E-state index is 12.6. The molecule has 2 heterocycles. The zero-order valence-electron chi connectivity index (χ0n) is 12.5. The van der Waals surface area contributed by atoms with Crippen LogP contribution < -0.4 is 14.4 Å². The first-order valence-corrected chi connectivity index (χ1v) is 7.73. The molecular weight excluding hydrogens is 330 g/mol. The third kappa shape index (κ3) is 2.53. The largest absolute Gasteiger partial charge is 0.454 e. The van der Waals surface area contributed by atoms with E-state index in [4.69, 9.17) is 21.1 Å². The minimum absolute atomic E-state index is 0.0654. The number of carbonyl (C=O) groups is 2. The van der Waals surface area contributed by atoms with Crippen LogP contribution in [0.25, 0.3) is 6.08 Å². The van der Waals surface area contributed by atoms with Crippen molar-refractivity contribution in [2.24, 2.45) is 0 Å². The van der Waals surface area contributed by atoms with Crippen LogP contribution in [0.1, 0.15) is 12.0 Å². The Labute approximate surface area is 143 Å². The van der Waals surface area contributed by atoms with Crippen molar-refractivity contribution in [3.05, 3.63) is 58.6 Å². The predicted octanol–water partition coefficient (Wildman–Crippen LogP) is 3.42. The van der Waals surface area contributed by atoms with Gasteiger partial charge < -0.3 is 9.47 Å². The molecule has 1 fully saturated rings. The minimum atomic E-state index is -0.325. The molecule has 24 heavy (non-hydrogen) atoms. The van der Waals surface area contributed by atoms with Crippen molar-refractivity contribution in [2.45, 2.75) is 6.42 Å². The molecule has 2 aromatic rings. The number of hydrogen-bond donors (Lipinski definition) is 0. The molecule has 0 aliphatic carbocycles. The molecule has 0 unspecified atom stereocenters. The number of amides is 2. The predicted molar refractivity (Wildman–Crippen MR) is 89.1 cm³/mol. The Hall–Kier alpha value is -2.79. The highest BCUT2D eigenvalue weighted by Gasteiger charge is 2.35. The summed E-state index contributed by atoms with van der Waals surface area (Å²) in [4.78, 5) is 26.1. The summed E-state index contributed by atoms with van der Waals surface area (Å²) in [6.45, 7) is 0.141. The zero-order chi connectivity index (χ0) is 16.7. The highest BCUT2D eigenvalue weighted by atomic mass is 35.5. The monoisotopic (exact) mass is 341 g/mol. The van der Waals surface area contributed by atoms with Crippen LogP contribution in [0.3, 0.4) is 0 Å². The van der Waals surface area contributed by atoms with E-state index in [0.29, 0.717) is 27.8 Å². The first kappa shape index (κ1) is 14.8. The van der Waals surface area contributed by atoms with Crippen LogP contribution >= 0.6 is 11.6 Å². The number of benzene rings is 2. The summed E-state index contributed by atoms with van der Waals surface area (Å²) < 4.78 is 10.6. The molecule has 2 aliphatic heterocycles. The molecule has 2 amide bonds. The van der Waals surface area contributed by atoms with Gasteiger partial charge in [-0.1, -0.05) is 23.7 Å². The normalized spacial score (nSPS) is 17.9. The second-order valence-electron chi connectivity index (χ2n) is 5.47. The van der Waals surface area contributed by atoms with E-state index >= 15 is 0 Å². The van der Waals surface area contributed by atoms with Crippen molar-refractivity contribution < 1.29 is 19.1 Å². The van der Waals surface area contributed by atoms with Gasteiger partial charge in [0.15, 0.2) is 11.5 Å². The molecule has 0 aromatic heterocycles. The van der Waals surface area contributed by atoms with Gasteiger partial charge in [0.05, 0.1) is 12.1 Å². The molecule has 0 atom stereocenters. The smallest absolute Gasteiger partial charge is 0.261 e. The molecule has 0 N–H and O–H groups in total.